The molecule has 1 saturated heterocycles. The van der Waals surface area contributed by atoms with Crippen LogP contribution in [0, 0.1) is 11.6 Å². The molecule has 2 aromatic carbocycles. The topological polar surface area (TPSA) is 18.5 Å². The highest BCUT2D eigenvalue weighted by Crippen LogP contribution is 2.39. The predicted octanol–water partition coefficient (Wildman–Crippen LogP) is 7.47. The summed E-state index contributed by atoms with van der Waals surface area (Å²) in [5.74, 6) is -1.25. The van der Waals surface area contributed by atoms with Gasteiger partial charge in [0.1, 0.15) is 0 Å². The smallest absolute Gasteiger partial charge is 0.200 e. The van der Waals surface area contributed by atoms with Gasteiger partial charge >= 0.3 is 0 Å². The van der Waals surface area contributed by atoms with Gasteiger partial charge in [0.25, 0.3) is 0 Å². The lowest BCUT2D eigenvalue weighted by Crippen LogP contribution is -2.28. The minimum atomic E-state index is -0.893. The summed E-state index contributed by atoms with van der Waals surface area (Å²) < 4.78 is 40.1. The Hall–Kier alpha value is -2.20. The Morgan fingerprint density at radius 2 is 1.75 bits per heavy atom. The van der Waals surface area contributed by atoms with Crippen molar-refractivity contribution >= 4 is 0 Å². The molecule has 3 unspecified atom stereocenters. The van der Waals surface area contributed by atoms with E-state index in [4.69, 9.17) is 9.47 Å². The summed E-state index contributed by atoms with van der Waals surface area (Å²) in [6.45, 7) is 4.70. The molecule has 2 aromatic rings. The van der Waals surface area contributed by atoms with Crippen LogP contribution in [-0.2, 0) is 11.2 Å². The van der Waals surface area contributed by atoms with Gasteiger partial charge in [0, 0.05) is 5.92 Å². The van der Waals surface area contributed by atoms with Gasteiger partial charge in [0.05, 0.1) is 19.3 Å². The zero-order valence-electron chi connectivity index (χ0n) is 19.2. The lowest BCUT2D eigenvalue weighted by Gasteiger charge is -2.33. The summed E-state index contributed by atoms with van der Waals surface area (Å²) >= 11 is 0. The van der Waals surface area contributed by atoms with Crippen LogP contribution in [0.3, 0.4) is 0 Å². The maximum absolute atomic E-state index is 14.6. The van der Waals surface area contributed by atoms with Crippen molar-refractivity contribution in [2.24, 2.45) is 0 Å². The van der Waals surface area contributed by atoms with Crippen LogP contribution < -0.4 is 4.74 Å². The highest BCUT2D eigenvalue weighted by atomic mass is 19.2. The van der Waals surface area contributed by atoms with Gasteiger partial charge in [-0.25, -0.2) is 4.39 Å². The molecule has 0 amide bonds. The zero-order valence-corrected chi connectivity index (χ0v) is 19.2. The van der Waals surface area contributed by atoms with Crippen molar-refractivity contribution in [3.05, 3.63) is 76.4 Å². The Morgan fingerprint density at radius 3 is 2.38 bits per heavy atom. The van der Waals surface area contributed by atoms with Crippen molar-refractivity contribution in [2.75, 3.05) is 13.2 Å². The van der Waals surface area contributed by atoms with Gasteiger partial charge in [0.15, 0.2) is 11.6 Å². The Morgan fingerprint density at radius 1 is 0.938 bits per heavy atom. The SMILES string of the molecule is CCCc1ccc(C2CC=C(C3CCC(c4ccc(OCC)c(F)c4F)CO3)CC2)cc1. The summed E-state index contributed by atoms with van der Waals surface area (Å²) in [6.07, 6.45) is 9.66. The number of halogens is 2. The van der Waals surface area contributed by atoms with Crippen LogP contribution in [0.25, 0.3) is 0 Å². The lowest BCUT2D eigenvalue weighted by atomic mass is 9.80. The Labute approximate surface area is 190 Å². The molecule has 1 fully saturated rings. The van der Waals surface area contributed by atoms with Crippen LogP contribution in [0.1, 0.15) is 80.9 Å². The van der Waals surface area contributed by atoms with E-state index in [0.29, 0.717) is 24.7 Å². The number of hydrogen-bond acceptors (Lipinski definition) is 2. The molecule has 0 N–H and O–H groups in total. The van der Waals surface area contributed by atoms with Gasteiger partial charge in [0.2, 0.25) is 5.82 Å². The van der Waals surface area contributed by atoms with Crippen LogP contribution >= 0.6 is 0 Å². The van der Waals surface area contributed by atoms with Crippen molar-refractivity contribution in [2.45, 2.75) is 76.7 Å². The van der Waals surface area contributed by atoms with E-state index in [9.17, 15) is 8.78 Å². The second-order valence-electron chi connectivity index (χ2n) is 9.05. The molecule has 4 heteroatoms. The molecule has 2 aliphatic rings. The average molecular weight is 441 g/mol. The minimum Gasteiger partial charge on any atom is -0.491 e. The van der Waals surface area contributed by atoms with Crippen LogP contribution in [0.5, 0.6) is 5.75 Å². The van der Waals surface area contributed by atoms with Crippen molar-refractivity contribution in [1.29, 1.82) is 0 Å². The molecule has 32 heavy (non-hydrogen) atoms. The normalized spacial score (nSPS) is 23.6. The van der Waals surface area contributed by atoms with Crippen molar-refractivity contribution in [3.8, 4) is 5.75 Å². The molecule has 0 bridgehead atoms. The fourth-order valence-corrected chi connectivity index (χ4v) is 5.11. The Bertz CT molecular complexity index is 927. The fourth-order valence-electron chi connectivity index (χ4n) is 5.11. The molecule has 4 rings (SSSR count). The maximum Gasteiger partial charge on any atom is 0.200 e. The van der Waals surface area contributed by atoms with E-state index >= 15 is 0 Å². The van der Waals surface area contributed by atoms with Crippen LogP contribution in [0.2, 0.25) is 0 Å². The maximum atomic E-state index is 14.6. The second-order valence-corrected chi connectivity index (χ2v) is 9.05. The summed E-state index contributed by atoms with van der Waals surface area (Å²) in [5.41, 5.74) is 4.62. The number of aryl methyl sites for hydroxylation is 1. The fraction of sp³-hybridized carbons (Fsp3) is 0.500. The first-order valence-corrected chi connectivity index (χ1v) is 12.1. The van der Waals surface area contributed by atoms with E-state index in [2.05, 4.69) is 37.3 Å². The largest absolute Gasteiger partial charge is 0.491 e. The van der Waals surface area contributed by atoms with E-state index in [-0.39, 0.29) is 17.8 Å². The van der Waals surface area contributed by atoms with Crippen molar-refractivity contribution in [1.82, 2.24) is 0 Å². The Balaban J connectivity index is 1.33. The van der Waals surface area contributed by atoms with Gasteiger partial charge in [-0.3, -0.25) is 0 Å². The second kappa shape index (κ2) is 10.6. The first-order chi connectivity index (χ1) is 15.6. The van der Waals surface area contributed by atoms with E-state index < -0.39 is 11.6 Å². The predicted molar refractivity (Wildman–Crippen MR) is 124 cm³/mol. The molecule has 2 nitrogen and oxygen atoms in total. The van der Waals surface area contributed by atoms with Crippen LogP contribution in [-0.4, -0.2) is 19.3 Å². The molecule has 1 aliphatic carbocycles. The van der Waals surface area contributed by atoms with E-state index in [0.717, 1.165) is 38.5 Å². The summed E-state index contributed by atoms with van der Waals surface area (Å²) in [4.78, 5) is 0. The van der Waals surface area contributed by atoms with Crippen LogP contribution in [0.15, 0.2) is 48.0 Å². The zero-order chi connectivity index (χ0) is 22.5. The monoisotopic (exact) mass is 440 g/mol. The number of rotatable bonds is 7. The molecule has 3 atom stereocenters. The summed E-state index contributed by atoms with van der Waals surface area (Å²) in [7, 11) is 0. The first-order valence-electron chi connectivity index (χ1n) is 12.1. The molecule has 0 saturated carbocycles. The molecule has 0 aromatic heterocycles. The lowest BCUT2D eigenvalue weighted by molar-refractivity contribution is 0.0220. The van der Waals surface area contributed by atoms with E-state index in [1.165, 1.54) is 29.2 Å². The molecular formula is C28H34F2O2. The van der Waals surface area contributed by atoms with Gasteiger partial charge in [-0.2, -0.15) is 4.39 Å². The van der Waals surface area contributed by atoms with E-state index in [1.807, 2.05) is 0 Å². The van der Waals surface area contributed by atoms with Gasteiger partial charge < -0.3 is 9.47 Å². The van der Waals surface area contributed by atoms with Crippen molar-refractivity contribution < 1.29 is 18.3 Å². The van der Waals surface area contributed by atoms with E-state index in [1.54, 1.807) is 13.0 Å². The van der Waals surface area contributed by atoms with Gasteiger partial charge in [-0.05, 0) is 79.7 Å². The third-order valence-corrected chi connectivity index (χ3v) is 6.94. The van der Waals surface area contributed by atoms with Crippen molar-refractivity contribution in [3.63, 3.8) is 0 Å². The first kappa shape index (κ1) is 23.0. The molecule has 1 aliphatic heterocycles. The number of benzene rings is 2. The molecule has 172 valence electrons. The quantitative estimate of drug-likeness (QED) is 0.416. The third-order valence-electron chi connectivity index (χ3n) is 6.94. The third kappa shape index (κ3) is 5.06. The average Bonchev–Trinajstić information content (AvgIpc) is 2.83. The summed E-state index contributed by atoms with van der Waals surface area (Å²) in [5, 5.41) is 0. The van der Waals surface area contributed by atoms with Gasteiger partial charge in [-0.1, -0.05) is 49.8 Å². The molecular weight excluding hydrogens is 406 g/mol. The van der Waals surface area contributed by atoms with Gasteiger partial charge in [-0.15, -0.1) is 0 Å². The van der Waals surface area contributed by atoms with Crippen LogP contribution in [0.4, 0.5) is 8.78 Å². The Kier molecular flexibility index (Phi) is 7.62. The molecule has 1 heterocycles. The molecule has 0 radical (unpaired) electrons. The minimum absolute atomic E-state index is 0.0229. The standard InChI is InChI=1S/C28H34F2O2/c1-3-5-19-6-8-20(9-7-19)21-10-12-22(13-11-21)25-16-14-23(18-32-25)24-15-17-26(31-4-2)28(30)27(24)29/h6-9,12,15,17,21,23,25H,3-5,10-11,13-14,16,18H2,1-2H3. The number of ether oxygens (including phenoxy) is 2. The summed E-state index contributed by atoms with van der Waals surface area (Å²) in [6, 6.07) is 12.3. The number of hydrogen-bond donors (Lipinski definition) is 0. The molecule has 0 spiro atoms. The highest BCUT2D eigenvalue weighted by molar-refractivity contribution is 5.34. The number of allylic oxidation sites excluding steroid dienone is 1. The highest BCUT2D eigenvalue weighted by Gasteiger charge is 2.30.